The van der Waals surface area contributed by atoms with Crippen LogP contribution in [0.1, 0.15) is 16.8 Å². The molecule has 5 heteroatoms. The zero-order valence-corrected chi connectivity index (χ0v) is 9.05. The fourth-order valence-electron chi connectivity index (χ4n) is 1.02. The molecular formula is C9H16N2O2S. The minimum atomic E-state index is -0.673. The van der Waals surface area contributed by atoms with E-state index in [1.165, 1.54) is 0 Å². The van der Waals surface area contributed by atoms with Gasteiger partial charge in [0.15, 0.2) is 0 Å². The van der Waals surface area contributed by atoms with Crippen molar-refractivity contribution in [2.75, 3.05) is 13.2 Å². The molecule has 1 heterocycles. The molecule has 0 bridgehead atoms. The van der Waals surface area contributed by atoms with Crippen LogP contribution in [0.3, 0.4) is 0 Å². The molecular weight excluding hydrogens is 200 g/mol. The van der Waals surface area contributed by atoms with Gasteiger partial charge in [-0.05, 0) is 6.42 Å². The van der Waals surface area contributed by atoms with E-state index in [4.69, 9.17) is 10.2 Å². The van der Waals surface area contributed by atoms with Crippen molar-refractivity contribution < 1.29 is 10.2 Å². The number of hydrogen-bond donors (Lipinski definition) is 3. The summed E-state index contributed by atoms with van der Waals surface area (Å²) in [6.07, 6.45) is 2.14. The van der Waals surface area contributed by atoms with Crippen molar-refractivity contribution in [2.45, 2.75) is 26.0 Å². The Morgan fingerprint density at radius 2 is 2.43 bits per heavy atom. The lowest BCUT2D eigenvalue weighted by molar-refractivity contribution is 0.0943. The van der Waals surface area contributed by atoms with E-state index in [0.717, 1.165) is 16.3 Å². The van der Waals surface area contributed by atoms with E-state index in [0.29, 0.717) is 13.1 Å². The van der Waals surface area contributed by atoms with Crippen molar-refractivity contribution in [3.8, 4) is 0 Å². The minimum Gasteiger partial charge on any atom is -0.394 e. The lowest BCUT2D eigenvalue weighted by atomic mass is 10.4. The largest absolute Gasteiger partial charge is 0.394 e. The number of rotatable bonds is 6. The van der Waals surface area contributed by atoms with Crippen LogP contribution in [-0.4, -0.2) is 34.5 Å². The van der Waals surface area contributed by atoms with E-state index in [1.807, 2.05) is 6.20 Å². The molecule has 1 aromatic heterocycles. The monoisotopic (exact) mass is 216 g/mol. The second kappa shape index (κ2) is 6.08. The smallest absolute Gasteiger partial charge is 0.0925 e. The first-order valence-electron chi connectivity index (χ1n) is 4.69. The third-order valence-electron chi connectivity index (χ3n) is 1.79. The molecule has 1 rings (SSSR count). The highest BCUT2D eigenvalue weighted by Crippen LogP contribution is 2.12. The molecule has 1 unspecified atom stereocenters. The zero-order chi connectivity index (χ0) is 10.4. The van der Waals surface area contributed by atoms with Crippen LogP contribution in [0.25, 0.3) is 0 Å². The molecule has 0 aliphatic rings. The maximum absolute atomic E-state index is 9.06. The first-order chi connectivity index (χ1) is 6.76. The fraction of sp³-hybridized carbons (Fsp3) is 0.667. The third kappa shape index (κ3) is 3.71. The molecule has 0 fully saturated rings. The molecule has 4 nitrogen and oxygen atoms in total. The van der Waals surface area contributed by atoms with Crippen molar-refractivity contribution in [2.24, 2.45) is 0 Å². The lowest BCUT2D eigenvalue weighted by Crippen LogP contribution is -2.28. The Labute approximate surface area is 87.6 Å². The van der Waals surface area contributed by atoms with Crippen LogP contribution in [0.5, 0.6) is 0 Å². The van der Waals surface area contributed by atoms with Gasteiger partial charge in [-0.3, -0.25) is 0 Å². The summed E-state index contributed by atoms with van der Waals surface area (Å²) in [5.41, 5.74) is 0. The van der Waals surface area contributed by atoms with Gasteiger partial charge in [0.2, 0.25) is 0 Å². The maximum Gasteiger partial charge on any atom is 0.0925 e. The van der Waals surface area contributed by atoms with E-state index in [2.05, 4.69) is 17.2 Å². The average Bonchev–Trinajstić information content (AvgIpc) is 2.65. The quantitative estimate of drug-likeness (QED) is 0.633. The van der Waals surface area contributed by atoms with Gasteiger partial charge in [0.1, 0.15) is 0 Å². The molecule has 0 spiro atoms. The van der Waals surface area contributed by atoms with E-state index < -0.39 is 6.10 Å². The number of aromatic nitrogens is 1. The molecule has 80 valence electrons. The van der Waals surface area contributed by atoms with Gasteiger partial charge in [0.05, 0.1) is 17.7 Å². The van der Waals surface area contributed by atoms with E-state index in [9.17, 15) is 0 Å². The van der Waals surface area contributed by atoms with Crippen molar-refractivity contribution in [1.82, 2.24) is 10.3 Å². The Kier molecular flexibility index (Phi) is 5.03. The highest BCUT2D eigenvalue weighted by Gasteiger charge is 2.02. The van der Waals surface area contributed by atoms with E-state index >= 15 is 0 Å². The van der Waals surface area contributed by atoms with E-state index in [-0.39, 0.29) is 6.61 Å². The Hall–Kier alpha value is -0.490. The standard InChI is InChI=1S/C9H16N2O2S/c1-2-9-11-5-8(14-9)4-10-3-7(13)6-12/h5,7,10,12-13H,2-4,6H2,1H3. The Balaban J connectivity index is 2.24. The molecule has 0 aliphatic carbocycles. The number of nitrogens with one attached hydrogen (secondary N) is 1. The van der Waals surface area contributed by atoms with Crippen LogP contribution in [-0.2, 0) is 13.0 Å². The summed E-state index contributed by atoms with van der Waals surface area (Å²) in [6, 6.07) is 0. The number of nitrogens with zero attached hydrogens (tertiary/aromatic N) is 1. The number of thiazole rings is 1. The molecule has 0 amide bonds. The molecule has 1 atom stereocenters. The molecule has 0 aliphatic heterocycles. The van der Waals surface area contributed by atoms with Gasteiger partial charge in [0, 0.05) is 24.2 Å². The Bertz CT molecular complexity index is 265. The Morgan fingerprint density at radius 3 is 3.00 bits per heavy atom. The van der Waals surface area contributed by atoms with Gasteiger partial charge in [-0.2, -0.15) is 0 Å². The van der Waals surface area contributed by atoms with E-state index in [1.54, 1.807) is 11.3 Å². The van der Waals surface area contributed by atoms with Crippen molar-refractivity contribution in [3.05, 3.63) is 16.1 Å². The predicted molar refractivity (Wildman–Crippen MR) is 56.3 cm³/mol. The minimum absolute atomic E-state index is 0.199. The second-order valence-corrected chi connectivity index (χ2v) is 4.24. The number of aliphatic hydroxyl groups excluding tert-OH is 2. The number of aliphatic hydroxyl groups is 2. The molecule has 1 aromatic rings. The highest BCUT2D eigenvalue weighted by atomic mass is 32.1. The summed E-state index contributed by atoms with van der Waals surface area (Å²) in [5, 5.41) is 21.8. The predicted octanol–water partition coefficient (Wildman–Crippen LogP) is 0.148. The first-order valence-corrected chi connectivity index (χ1v) is 5.51. The second-order valence-electron chi connectivity index (χ2n) is 3.04. The highest BCUT2D eigenvalue weighted by molar-refractivity contribution is 7.11. The van der Waals surface area contributed by atoms with Crippen LogP contribution in [0.15, 0.2) is 6.20 Å². The molecule has 14 heavy (non-hydrogen) atoms. The van der Waals surface area contributed by atoms with Gasteiger partial charge in [0.25, 0.3) is 0 Å². The van der Waals surface area contributed by atoms with Gasteiger partial charge in [-0.15, -0.1) is 11.3 Å². The maximum atomic E-state index is 9.06. The molecule has 0 aromatic carbocycles. The first kappa shape index (κ1) is 11.6. The summed E-state index contributed by atoms with van der Waals surface area (Å²) in [7, 11) is 0. The van der Waals surface area contributed by atoms with Crippen molar-refractivity contribution in [3.63, 3.8) is 0 Å². The van der Waals surface area contributed by atoms with Gasteiger partial charge >= 0.3 is 0 Å². The normalized spacial score (nSPS) is 13.1. The molecule has 0 saturated heterocycles. The third-order valence-corrected chi connectivity index (χ3v) is 2.94. The number of hydrogen-bond acceptors (Lipinski definition) is 5. The molecule has 3 N–H and O–H groups in total. The van der Waals surface area contributed by atoms with Crippen molar-refractivity contribution in [1.29, 1.82) is 0 Å². The van der Waals surface area contributed by atoms with Crippen LogP contribution < -0.4 is 5.32 Å². The molecule has 0 radical (unpaired) electrons. The van der Waals surface area contributed by atoms with Crippen LogP contribution >= 0.6 is 11.3 Å². The topological polar surface area (TPSA) is 65.4 Å². The number of aryl methyl sites for hydroxylation is 1. The van der Waals surface area contributed by atoms with Crippen LogP contribution in [0, 0.1) is 0 Å². The van der Waals surface area contributed by atoms with Crippen LogP contribution in [0.2, 0.25) is 0 Å². The fourth-order valence-corrected chi connectivity index (χ4v) is 1.85. The summed E-state index contributed by atoms with van der Waals surface area (Å²) in [4.78, 5) is 5.38. The van der Waals surface area contributed by atoms with Crippen LogP contribution in [0.4, 0.5) is 0 Å². The summed E-state index contributed by atoms with van der Waals surface area (Å²) >= 11 is 1.67. The summed E-state index contributed by atoms with van der Waals surface area (Å²) in [5.74, 6) is 0. The van der Waals surface area contributed by atoms with Gasteiger partial charge < -0.3 is 15.5 Å². The summed E-state index contributed by atoms with van der Waals surface area (Å²) in [6.45, 7) is 2.99. The summed E-state index contributed by atoms with van der Waals surface area (Å²) < 4.78 is 0. The lowest BCUT2D eigenvalue weighted by Gasteiger charge is -2.06. The zero-order valence-electron chi connectivity index (χ0n) is 8.23. The average molecular weight is 216 g/mol. The van der Waals surface area contributed by atoms with Crippen molar-refractivity contribution >= 4 is 11.3 Å². The Morgan fingerprint density at radius 1 is 1.64 bits per heavy atom. The van der Waals surface area contributed by atoms with Gasteiger partial charge in [-0.1, -0.05) is 6.92 Å². The van der Waals surface area contributed by atoms with Gasteiger partial charge in [-0.25, -0.2) is 4.98 Å². The molecule has 0 saturated carbocycles. The SMILES string of the molecule is CCc1ncc(CNCC(O)CO)s1.